The molecule has 1 fully saturated rings. The second-order valence-corrected chi connectivity index (χ2v) is 20.7. The first-order chi connectivity index (χ1) is 35.6. The molecule has 0 unspecified atom stereocenters. The smallest absolute Gasteiger partial charge is 0.243 e. The molecule has 8 amide bonds. The normalized spacial score (nSPS) is 23.0. The van der Waals surface area contributed by atoms with Gasteiger partial charge < -0.3 is 65.3 Å². The van der Waals surface area contributed by atoms with E-state index in [0.29, 0.717) is 18.4 Å². The number of primary amides is 1. The number of carbonyl (C=O) groups excluding carboxylic acids is 10. The molecule has 1 aliphatic heterocycles. The molecule has 1 aliphatic rings. The zero-order valence-electron chi connectivity index (χ0n) is 44.9. The van der Waals surface area contributed by atoms with Crippen molar-refractivity contribution in [3.63, 3.8) is 0 Å². The van der Waals surface area contributed by atoms with E-state index in [1.54, 1.807) is 30.3 Å². The Bertz CT molecular complexity index is 2010. The summed E-state index contributed by atoms with van der Waals surface area (Å²) in [6.45, 7) is 8.98. The molecule has 0 aliphatic carbocycles. The van der Waals surface area contributed by atoms with Crippen LogP contribution in [0.3, 0.4) is 0 Å². The van der Waals surface area contributed by atoms with E-state index in [1.165, 1.54) is 0 Å². The summed E-state index contributed by atoms with van der Waals surface area (Å²) in [6.07, 6.45) is 1.85. The lowest BCUT2D eigenvalue weighted by Crippen LogP contribution is -2.59. The molecule has 1 aromatic rings. The molecule has 75 heavy (non-hydrogen) atoms. The lowest BCUT2D eigenvalue weighted by Gasteiger charge is -2.27. The van der Waals surface area contributed by atoms with E-state index in [1.807, 2.05) is 27.7 Å². The van der Waals surface area contributed by atoms with Gasteiger partial charge in [-0.15, -0.1) is 0 Å². The summed E-state index contributed by atoms with van der Waals surface area (Å²) in [5, 5.41) is 29.4. The van der Waals surface area contributed by atoms with E-state index < -0.39 is 132 Å². The van der Waals surface area contributed by atoms with E-state index in [4.69, 9.17) is 22.9 Å². The number of unbranched alkanes of at least 4 members (excludes halogenated alkanes) is 4. The van der Waals surface area contributed by atoms with Crippen LogP contribution in [0.15, 0.2) is 30.3 Å². The topological polar surface area (TPSA) is 379 Å². The second-order valence-electron chi connectivity index (χ2n) is 20.7. The minimum Gasteiger partial charge on any atom is -0.393 e. The van der Waals surface area contributed by atoms with E-state index in [0.717, 1.165) is 25.7 Å². The first-order valence-corrected chi connectivity index (χ1v) is 26.9. The van der Waals surface area contributed by atoms with Crippen LogP contribution in [0, 0.1) is 23.7 Å². The molecule has 1 heterocycles. The number of hydrogen-bond acceptors (Lipinski definition) is 14. The number of carbonyl (C=O) groups is 10. The lowest BCUT2D eigenvalue weighted by molar-refractivity contribution is -0.136. The first-order valence-electron chi connectivity index (χ1n) is 26.9. The summed E-state index contributed by atoms with van der Waals surface area (Å²) in [5.41, 5.74) is 24.0. The first kappa shape index (κ1) is 65.3. The molecule has 0 radical (unpaired) electrons. The average molecular weight is 1060 g/mol. The van der Waals surface area contributed by atoms with Crippen molar-refractivity contribution in [3.8, 4) is 0 Å². The molecule has 0 saturated carbocycles. The molecular weight excluding hydrogens is 967 g/mol. The van der Waals surface area contributed by atoms with Crippen LogP contribution < -0.4 is 60.2 Å². The maximum absolute atomic E-state index is 14.4. The van der Waals surface area contributed by atoms with Crippen molar-refractivity contribution in [2.45, 2.75) is 186 Å². The van der Waals surface area contributed by atoms with Gasteiger partial charge in [-0.1, -0.05) is 97.1 Å². The van der Waals surface area contributed by atoms with Gasteiger partial charge in [0.25, 0.3) is 0 Å². The summed E-state index contributed by atoms with van der Waals surface area (Å²) in [6, 6.07) is 1.05. The molecule has 422 valence electrons. The van der Waals surface area contributed by atoms with Gasteiger partial charge in [-0.3, -0.25) is 47.9 Å². The quantitative estimate of drug-likeness (QED) is 0.0541. The predicted molar refractivity (Wildman–Crippen MR) is 283 cm³/mol. The summed E-state index contributed by atoms with van der Waals surface area (Å²) in [4.78, 5) is 139. The molecule has 2 rings (SSSR count). The summed E-state index contributed by atoms with van der Waals surface area (Å²) >= 11 is 0. The minimum absolute atomic E-state index is 0.0215. The monoisotopic (exact) mass is 1060 g/mol. The fraction of sp³-hybridized carbons (Fsp3) is 0.698. The van der Waals surface area contributed by atoms with Crippen molar-refractivity contribution in [1.29, 1.82) is 0 Å². The number of benzene rings is 1. The van der Waals surface area contributed by atoms with Crippen molar-refractivity contribution in [3.05, 3.63) is 35.9 Å². The number of nitrogens with two attached hydrogens (primary N) is 4. The Hall–Kier alpha value is -5.84. The van der Waals surface area contributed by atoms with Crippen LogP contribution in [0.1, 0.15) is 143 Å². The van der Waals surface area contributed by atoms with Crippen molar-refractivity contribution >= 4 is 58.8 Å². The number of ketones is 2. The molecule has 9 atom stereocenters. The third-order valence-electron chi connectivity index (χ3n) is 13.0. The number of hydrogen-bond donors (Lipinski definition) is 12. The van der Waals surface area contributed by atoms with Gasteiger partial charge in [0.05, 0.1) is 31.0 Å². The molecule has 0 aromatic heterocycles. The lowest BCUT2D eigenvalue weighted by atomic mass is 9.88. The van der Waals surface area contributed by atoms with Crippen LogP contribution in [0.2, 0.25) is 0 Å². The number of aliphatic hydroxyl groups excluding tert-OH is 1. The number of rotatable bonds is 26. The summed E-state index contributed by atoms with van der Waals surface area (Å²) in [5.74, 6) is -9.98. The highest BCUT2D eigenvalue weighted by molar-refractivity contribution is 5.98. The molecule has 22 heteroatoms. The Balaban J connectivity index is 2.69. The highest BCUT2D eigenvalue weighted by Crippen LogP contribution is 2.21. The molecular formula is C53H89N11O11. The second kappa shape index (κ2) is 35.4. The Morgan fingerprint density at radius 2 is 1.16 bits per heavy atom. The van der Waals surface area contributed by atoms with Gasteiger partial charge in [0, 0.05) is 37.6 Å². The van der Waals surface area contributed by atoms with Crippen molar-refractivity contribution in [2.24, 2.45) is 46.6 Å². The van der Waals surface area contributed by atoms with Gasteiger partial charge in [-0.05, 0) is 82.0 Å². The highest BCUT2D eigenvalue weighted by atomic mass is 16.3. The van der Waals surface area contributed by atoms with Crippen molar-refractivity contribution in [1.82, 2.24) is 37.2 Å². The van der Waals surface area contributed by atoms with Crippen LogP contribution in [-0.4, -0.2) is 132 Å². The third-order valence-corrected chi connectivity index (χ3v) is 13.0. The Morgan fingerprint density at radius 3 is 1.72 bits per heavy atom. The fourth-order valence-electron chi connectivity index (χ4n) is 8.95. The molecule has 1 saturated heterocycles. The van der Waals surface area contributed by atoms with Gasteiger partial charge in [0.2, 0.25) is 47.3 Å². The van der Waals surface area contributed by atoms with Gasteiger partial charge in [-0.2, -0.15) is 0 Å². The number of aliphatic hydroxyl groups is 1. The van der Waals surface area contributed by atoms with Crippen LogP contribution in [0.5, 0.6) is 0 Å². The standard InChI is InChI=1S/C53H89N11O11/c1-6-7-8-9-13-16-37(65)30-47(69)59-41(31-46(57)68)45(67)28-35-20-24-58-50(72)42(26-33(4)5)64-52(74)40(19-23-56)61-51(73)39(18-22-55)62-53(75)43(27-34-14-11-10-12-15-34)63-49(71)36(25-32(2)3)29-44(66)38(17-21-54)60-48(35)70/h10-12,14-15,32-33,35-43,65H,6-9,13,16-31,54-56H2,1-5H3,(H2,57,68)(H,58,72)(H,59,69)(H,60,70)(H,61,73)(H,62,75)(H,63,71)(H,64,74)/t35-,36+,37-,38+,39+,40+,41-,42+,43+/m1/s1. The number of Topliss-reactive ketones (excluding diaryl/α,β-unsaturated/α-hetero) is 2. The average Bonchev–Trinajstić information content (AvgIpc) is 3.34. The molecule has 0 bridgehead atoms. The van der Waals surface area contributed by atoms with Gasteiger partial charge in [-0.25, -0.2) is 0 Å². The summed E-state index contributed by atoms with van der Waals surface area (Å²) in [7, 11) is 0. The molecule has 0 spiro atoms. The fourth-order valence-corrected chi connectivity index (χ4v) is 8.95. The molecule has 22 nitrogen and oxygen atoms in total. The van der Waals surface area contributed by atoms with Crippen molar-refractivity contribution in [2.75, 3.05) is 26.2 Å². The van der Waals surface area contributed by atoms with Gasteiger partial charge >= 0.3 is 0 Å². The van der Waals surface area contributed by atoms with Gasteiger partial charge in [0.1, 0.15) is 24.2 Å². The Morgan fingerprint density at radius 1 is 0.640 bits per heavy atom. The van der Waals surface area contributed by atoms with Crippen LogP contribution >= 0.6 is 0 Å². The molecule has 16 N–H and O–H groups in total. The Labute approximate surface area is 442 Å². The predicted octanol–water partition coefficient (Wildman–Crippen LogP) is -0.0659. The maximum Gasteiger partial charge on any atom is 0.243 e. The van der Waals surface area contributed by atoms with Gasteiger partial charge in [0.15, 0.2) is 11.6 Å². The Kier molecular flexibility index (Phi) is 30.8. The van der Waals surface area contributed by atoms with E-state index >= 15 is 0 Å². The van der Waals surface area contributed by atoms with Crippen LogP contribution in [0.4, 0.5) is 0 Å². The SMILES string of the molecule is CCCCCCC[C@@H](O)CC(=O)N[C@H](CC(N)=O)C(=O)C[C@H]1CCNC(=O)[C@H](CC(C)C)NC(=O)[C@H](CCN)NC(=O)[C@H](CCN)NC(=O)[C@H](Cc2ccccc2)NC(=O)[C@@H](CC(C)C)CC(=O)[C@H](CCN)NC1=O. The zero-order valence-corrected chi connectivity index (χ0v) is 44.9. The minimum atomic E-state index is -1.49. The van der Waals surface area contributed by atoms with E-state index in [-0.39, 0.29) is 89.4 Å². The molecule has 1 aromatic carbocycles. The van der Waals surface area contributed by atoms with Crippen molar-refractivity contribution < 1.29 is 53.1 Å². The number of amides is 8. The third kappa shape index (κ3) is 25.5. The van der Waals surface area contributed by atoms with Crippen LogP contribution in [-0.2, 0) is 54.4 Å². The highest BCUT2D eigenvalue weighted by Gasteiger charge is 2.36. The number of nitrogens with one attached hydrogen (secondary N) is 7. The van der Waals surface area contributed by atoms with Crippen LogP contribution in [0.25, 0.3) is 0 Å². The summed E-state index contributed by atoms with van der Waals surface area (Å²) < 4.78 is 0. The maximum atomic E-state index is 14.4. The zero-order chi connectivity index (χ0) is 56.0. The largest absolute Gasteiger partial charge is 0.393 e. The van der Waals surface area contributed by atoms with E-state index in [2.05, 4.69) is 44.1 Å². The van der Waals surface area contributed by atoms with E-state index in [9.17, 15) is 53.1 Å².